The van der Waals surface area contributed by atoms with E-state index in [1.54, 1.807) is 41.3 Å². The average molecular weight is 567 g/mol. The highest BCUT2D eigenvalue weighted by atomic mass is 19.1. The van der Waals surface area contributed by atoms with Crippen molar-refractivity contribution in [2.24, 2.45) is 5.92 Å². The third-order valence-electron chi connectivity index (χ3n) is 8.42. The SMILES string of the molecule is CC(C)CCC[C@H](C)NC(=O)c1ccccc1N1C(=O)[C@@H]2Cc3c([nH]c4ccccc34)[C@@H](c3ccc(F)cc3)N2C1=O. The minimum Gasteiger partial charge on any atom is -0.356 e. The molecule has 0 unspecified atom stereocenters. The van der Waals surface area contributed by atoms with Gasteiger partial charge in [0.05, 0.1) is 11.3 Å². The minimum absolute atomic E-state index is 0.0539. The van der Waals surface area contributed by atoms with Crippen LogP contribution in [0.3, 0.4) is 0 Å². The Morgan fingerprint density at radius 1 is 0.976 bits per heavy atom. The normalized spacial score (nSPS) is 18.9. The first-order chi connectivity index (χ1) is 20.2. The van der Waals surface area contributed by atoms with Gasteiger partial charge in [0.2, 0.25) is 0 Å². The third kappa shape index (κ3) is 4.85. The maximum Gasteiger partial charge on any atom is 0.332 e. The van der Waals surface area contributed by atoms with Gasteiger partial charge in [-0.05, 0) is 60.7 Å². The number of carbonyl (C=O) groups excluding carboxylic acids is 3. The van der Waals surface area contributed by atoms with Crippen LogP contribution in [0.15, 0.2) is 72.8 Å². The number of carbonyl (C=O) groups is 3. The van der Waals surface area contributed by atoms with E-state index in [0.29, 0.717) is 17.9 Å². The van der Waals surface area contributed by atoms with Crippen LogP contribution < -0.4 is 10.2 Å². The quantitative estimate of drug-likeness (QED) is 0.232. The van der Waals surface area contributed by atoms with E-state index in [1.165, 1.54) is 12.1 Å². The number of aromatic nitrogens is 1. The number of amides is 4. The highest BCUT2D eigenvalue weighted by Gasteiger charge is 2.53. The number of urea groups is 1. The van der Waals surface area contributed by atoms with E-state index >= 15 is 0 Å². The predicted molar refractivity (Wildman–Crippen MR) is 161 cm³/mol. The Bertz CT molecular complexity index is 1660. The summed E-state index contributed by atoms with van der Waals surface area (Å²) in [6.45, 7) is 6.33. The number of rotatable bonds is 8. The molecule has 42 heavy (non-hydrogen) atoms. The Hall–Kier alpha value is -4.46. The van der Waals surface area contributed by atoms with E-state index in [9.17, 15) is 18.8 Å². The van der Waals surface area contributed by atoms with Crippen molar-refractivity contribution in [2.45, 2.75) is 64.6 Å². The summed E-state index contributed by atoms with van der Waals surface area (Å²) in [6, 6.07) is 18.7. The molecule has 4 aromatic rings. The number of halogens is 1. The highest BCUT2D eigenvalue weighted by Crippen LogP contribution is 2.45. The van der Waals surface area contributed by atoms with Gasteiger partial charge >= 0.3 is 6.03 Å². The Morgan fingerprint density at radius 3 is 2.45 bits per heavy atom. The summed E-state index contributed by atoms with van der Waals surface area (Å²) in [6.07, 6.45) is 3.26. The van der Waals surface area contributed by atoms with Gasteiger partial charge in [-0.1, -0.05) is 69.2 Å². The van der Waals surface area contributed by atoms with Crippen molar-refractivity contribution in [3.8, 4) is 0 Å². The first-order valence-corrected chi connectivity index (χ1v) is 14.7. The molecule has 2 aliphatic heterocycles. The second-order valence-corrected chi connectivity index (χ2v) is 11.8. The minimum atomic E-state index is -0.773. The first kappa shape index (κ1) is 27.7. The van der Waals surface area contributed by atoms with Crippen LogP contribution in [0, 0.1) is 11.7 Å². The van der Waals surface area contributed by atoms with Crippen LogP contribution in [0.1, 0.15) is 73.3 Å². The maximum atomic E-state index is 14.2. The number of imide groups is 1. The monoisotopic (exact) mass is 566 g/mol. The number of anilines is 1. The fourth-order valence-electron chi connectivity index (χ4n) is 6.35. The van der Waals surface area contributed by atoms with Crippen molar-refractivity contribution >= 4 is 34.4 Å². The van der Waals surface area contributed by atoms with Crippen LogP contribution in [-0.4, -0.2) is 39.8 Å². The molecule has 216 valence electrons. The zero-order valence-corrected chi connectivity index (χ0v) is 24.1. The van der Waals surface area contributed by atoms with E-state index < -0.39 is 18.1 Å². The van der Waals surface area contributed by atoms with Crippen molar-refractivity contribution in [2.75, 3.05) is 4.90 Å². The molecular formula is C34H35FN4O3. The number of hydrogen-bond donors (Lipinski definition) is 2. The van der Waals surface area contributed by atoms with Crippen molar-refractivity contribution in [3.63, 3.8) is 0 Å². The van der Waals surface area contributed by atoms with E-state index in [4.69, 9.17) is 0 Å². The van der Waals surface area contributed by atoms with E-state index in [1.807, 2.05) is 31.2 Å². The number of hydrogen-bond acceptors (Lipinski definition) is 3. The van der Waals surface area contributed by atoms with Crippen molar-refractivity contribution in [1.82, 2.24) is 15.2 Å². The third-order valence-corrected chi connectivity index (χ3v) is 8.42. The second-order valence-electron chi connectivity index (χ2n) is 11.8. The molecule has 0 spiro atoms. The fourth-order valence-corrected chi connectivity index (χ4v) is 6.35. The lowest BCUT2D eigenvalue weighted by Gasteiger charge is -2.36. The highest BCUT2D eigenvalue weighted by molar-refractivity contribution is 6.24. The summed E-state index contributed by atoms with van der Waals surface area (Å²) in [5.74, 6) is -0.489. The topological polar surface area (TPSA) is 85.5 Å². The molecule has 0 aliphatic carbocycles. The molecule has 8 heteroatoms. The molecule has 0 radical (unpaired) electrons. The predicted octanol–water partition coefficient (Wildman–Crippen LogP) is 6.73. The van der Waals surface area contributed by atoms with Crippen LogP contribution in [-0.2, 0) is 11.2 Å². The fraction of sp³-hybridized carbons (Fsp3) is 0.324. The van der Waals surface area contributed by atoms with Crippen molar-refractivity contribution < 1.29 is 18.8 Å². The van der Waals surface area contributed by atoms with Gasteiger partial charge in [0.15, 0.2) is 0 Å². The Labute approximate surface area is 244 Å². The van der Waals surface area contributed by atoms with Crippen LogP contribution in [0.2, 0.25) is 0 Å². The van der Waals surface area contributed by atoms with Crippen LogP contribution in [0.25, 0.3) is 10.9 Å². The Kier molecular flexibility index (Phi) is 7.31. The standard InChI is InChI=1S/C34H35FN4O3/c1-20(2)9-8-10-21(3)36-32(40)25-12-5-7-14-28(25)39-33(41)29-19-26-24-11-4-6-13-27(24)37-30(26)31(38(29)34(39)42)22-15-17-23(35)18-16-22/h4-7,11-18,20-21,29,31,37H,8-10,19H2,1-3H3,(H,36,40)/t21-,29-,31+/m0/s1. The number of nitrogens with zero attached hydrogens (tertiary/aromatic N) is 2. The molecule has 6 rings (SSSR count). The summed E-state index contributed by atoms with van der Waals surface area (Å²) in [5.41, 5.74) is 3.92. The molecule has 3 aromatic carbocycles. The summed E-state index contributed by atoms with van der Waals surface area (Å²) in [7, 11) is 0. The van der Waals surface area contributed by atoms with Crippen LogP contribution in [0.4, 0.5) is 14.9 Å². The van der Waals surface area contributed by atoms with Crippen LogP contribution >= 0.6 is 0 Å². The lowest BCUT2D eigenvalue weighted by Crippen LogP contribution is -2.44. The molecule has 2 aliphatic rings. The van der Waals surface area contributed by atoms with E-state index in [0.717, 1.165) is 46.3 Å². The van der Waals surface area contributed by atoms with Gasteiger partial charge in [-0.25, -0.2) is 14.1 Å². The van der Waals surface area contributed by atoms with Gasteiger partial charge in [0.1, 0.15) is 17.9 Å². The zero-order chi connectivity index (χ0) is 29.5. The van der Waals surface area contributed by atoms with Crippen molar-refractivity contribution in [3.05, 3.63) is 101 Å². The van der Waals surface area contributed by atoms with Gasteiger partial charge in [0.25, 0.3) is 11.8 Å². The van der Waals surface area contributed by atoms with Gasteiger partial charge in [-0.3, -0.25) is 14.5 Å². The molecule has 0 saturated carbocycles. The smallest absolute Gasteiger partial charge is 0.332 e. The summed E-state index contributed by atoms with van der Waals surface area (Å²) < 4.78 is 13.9. The Morgan fingerprint density at radius 2 is 1.69 bits per heavy atom. The summed E-state index contributed by atoms with van der Waals surface area (Å²) >= 11 is 0. The molecule has 1 fully saturated rings. The van der Waals surface area contributed by atoms with Crippen LogP contribution in [0.5, 0.6) is 0 Å². The van der Waals surface area contributed by atoms with Gasteiger partial charge in [0, 0.05) is 29.1 Å². The van der Waals surface area contributed by atoms with E-state index in [-0.39, 0.29) is 34.9 Å². The molecule has 4 amide bonds. The number of H-pyrrole nitrogens is 1. The second kappa shape index (κ2) is 11.1. The van der Waals surface area contributed by atoms with Gasteiger partial charge < -0.3 is 10.3 Å². The average Bonchev–Trinajstić information content (AvgIpc) is 3.46. The maximum absolute atomic E-state index is 14.2. The van der Waals surface area contributed by atoms with Gasteiger partial charge in [-0.15, -0.1) is 0 Å². The molecule has 0 bridgehead atoms. The molecule has 2 N–H and O–H groups in total. The summed E-state index contributed by atoms with van der Waals surface area (Å²) in [5, 5.41) is 4.04. The first-order valence-electron chi connectivity index (χ1n) is 14.7. The van der Waals surface area contributed by atoms with E-state index in [2.05, 4.69) is 24.1 Å². The molecule has 1 saturated heterocycles. The number of benzene rings is 3. The van der Waals surface area contributed by atoms with Crippen molar-refractivity contribution in [1.29, 1.82) is 0 Å². The van der Waals surface area contributed by atoms with Gasteiger partial charge in [-0.2, -0.15) is 0 Å². The molecule has 3 atom stereocenters. The number of nitrogens with one attached hydrogen (secondary N) is 2. The molecule has 7 nitrogen and oxygen atoms in total. The zero-order valence-electron chi connectivity index (χ0n) is 24.1. The number of fused-ring (bicyclic) bond motifs is 4. The number of para-hydroxylation sites is 2. The number of aromatic amines is 1. The summed E-state index contributed by atoms with van der Waals surface area (Å²) in [4.78, 5) is 48.0. The molecule has 1 aromatic heterocycles. The lowest BCUT2D eigenvalue weighted by molar-refractivity contribution is -0.120. The molecule has 3 heterocycles. The largest absolute Gasteiger partial charge is 0.356 e. The lowest BCUT2D eigenvalue weighted by atomic mass is 9.89. The Balaban J connectivity index is 1.36. The molecular weight excluding hydrogens is 531 g/mol.